The summed E-state index contributed by atoms with van der Waals surface area (Å²) in [5.41, 5.74) is 2.09. The van der Waals surface area contributed by atoms with Crippen molar-refractivity contribution in [2.75, 3.05) is 37.6 Å². The van der Waals surface area contributed by atoms with Crippen molar-refractivity contribution in [2.24, 2.45) is 0 Å². The third-order valence-electron chi connectivity index (χ3n) is 7.65. The van der Waals surface area contributed by atoms with Crippen LogP contribution in [0, 0.1) is 6.92 Å². The molecule has 0 aliphatic heterocycles. The Kier molecular flexibility index (Phi) is 22.9. The molecular formula is C40H44Cl5F3N2O8. The number of amides is 2. The second-order valence-corrected chi connectivity index (χ2v) is 14.2. The molecule has 0 saturated carbocycles. The van der Waals surface area contributed by atoms with E-state index in [1.54, 1.807) is 24.2 Å². The zero-order valence-corrected chi connectivity index (χ0v) is 36.0. The van der Waals surface area contributed by atoms with Gasteiger partial charge in [-0.05, 0) is 74.7 Å². The number of carbonyl (C=O) groups excluding carboxylic acids is 3. The number of carbonyl (C=O) groups is 4. The van der Waals surface area contributed by atoms with Gasteiger partial charge in [0.05, 0.1) is 39.5 Å². The molecule has 1 unspecified atom stereocenters. The summed E-state index contributed by atoms with van der Waals surface area (Å²) in [5.74, 6) is -2.82. The fraction of sp³-hybridized carbons (Fsp3) is 0.350. The minimum atomic E-state index is -4.56. The molecule has 0 saturated heterocycles. The van der Waals surface area contributed by atoms with Gasteiger partial charge in [-0.2, -0.15) is 13.2 Å². The normalized spacial score (nSPS) is 11.8. The molecule has 1 N–H and O–H groups in total. The molecule has 0 radical (unpaired) electrons. The third-order valence-corrected chi connectivity index (χ3v) is 8.88. The highest BCUT2D eigenvalue weighted by atomic mass is 35.5. The van der Waals surface area contributed by atoms with Crippen molar-refractivity contribution in [1.29, 1.82) is 0 Å². The lowest BCUT2D eigenvalue weighted by molar-refractivity contribution is -0.146. The molecule has 3 rings (SSSR count). The maximum Gasteiger partial charge on any atom is 0.416 e. The molecule has 58 heavy (non-hydrogen) atoms. The Morgan fingerprint density at radius 2 is 1.57 bits per heavy atom. The first kappa shape index (κ1) is 52.0. The van der Waals surface area contributed by atoms with Crippen molar-refractivity contribution in [3.8, 4) is 11.5 Å². The molecule has 3 aromatic rings. The van der Waals surface area contributed by atoms with Crippen LogP contribution in [0.3, 0.4) is 0 Å². The minimum Gasteiger partial charge on any atom is -0.479 e. The summed E-state index contributed by atoms with van der Waals surface area (Å²) in [5, 5.41) is 8.46. The minimum absolute atomic E-state index is 0.0223. The van der Waals surface area contributed by atoms with Crippen molar-refractivity contribution in [3.63, 3.8) is 0 Å². The number of rotatable bonds is 16. The highest BCUT2D eigenvalue weighted by Gasteiger charge is 2.31. The lowest BCUT2D eigenvalue weighted by atomic mass is 10.0. The van der Waals surface area contributed by atoms with Crippen molar-refractivity contribution in [3.05, 3.63) is 112 Å². The highest BCUT2D eigenvalue weighted by molar-refractivity contribution is 6.53. The van der Waals surface area contributed by atoms with Crippen LogP contribution < -0.4 is 9.64 Å². The topological polar surface area (TPSA) is 123 Å². The zero-order chi connectivity index (χ0) is 44.3. The molecule has 18 heteroatoms. The van der Waals surface area contributed by atoms with E-state index in [1.165, 1.54) is 17.0 Å². The van der Waals surface area contributed by atoms with E-state index in [0.29, 0.717) is 25.8 Å². The zero-order valence-electron chi connectivity index (χ0n) is 32.3. The van der Waals surface area contributed by atoms with Crippen LogP contribution in [0.25, 0.3) is 0 Å². The molecule has 0 bridgehead atoms. The number of esters is 1. The van der Waals surface area contributed by atoms with Crippen molar-refractivity contribution in [1.82, 2.24) is 4.90 Å². The first-order valence-electron chi connectivity index (χ1n) is 17.2. The van der Waals surface area contributed by atoms with Crippen LogP contribution in [-0.2, 0) is 36.5 Å². The molecular weight excluding hydrogens is 871 g/mol. The first-order chi connectivity index (χ1) is 27.2. The van der Waals surface area contributed by atoms with E-state index in [0.717, 1.165) is 48.4 Å². The summed E-state index contributed by atoms with van der Waals surface area (Å²) in [4.78, 5) is 48.4. The second kappa shape index (κ2) is 25.5. The fourth-order valence-corrected chi connectivity index (χ4v) is 5.73. The molecule has 0 aliphatic carbocycles. The molecule has 3 aromatic carbocycles. The molecule has 2 atom stereocenters. The van der Waals surface area contributed by atoms with Crippen LogP contribution in [-0.4, -0.2) is 83.4 Å². The number of aliphatic carboxylic acids is 1. The van der Waals surface area contributed by atoms with Crippen LogP contribution in [0.5, 0.6) is 11.5 Å². The number of anilines is 1. The lowest BCUT2D eigenvalue weighted by Crippen LogP contribution is -2.43. The number of ether oxygens (including phenoxy) is 3. The van der Waals surface area contributed by atoms with Gasteiger partial charge in [-0.3, -0.25) is 9.59 Å². The van der Waals surface area contributed by atoms with Gasteiger partial charge in [-0.15, -0.1) is 24.8 Å². The van der Waals surface area contributed by atoms with Crippen LogP contribution in [0.4, 0.5) is 18.9 Å². The largest absolute Gasteiger partial charge is 0.479 e. The van der Waals surface area contributed by atoms with E-state index >= 15 is 0 Å². The number of alkyl halides is 6. The average molecular weight is 915 g/mol. The van der Waals surface area contributed by atoms with Gasteiger partial charge in [0.1, 0.15) is 17.4 Å². The number of benzene rings is 3. The molecule has 0 fully saturated rings. The van der Waals surface area contributed by atoms with Crippen LogP contribution in [0.1, 0.15) is 47.8 Å². The Balaban J connectivity index is 0.000000473. The van der Waals surface area contributed by atoms with Crippen LogP contribution in [0.15, 0.2) is 79.9 Å². The molecule has 0 aliphatic rings. The maximum atomic E-state index is 12.7. The van der Waals surface area contributed by atoms with Crippen molar-refractivity contribution >= 4 is 87.4 Å². The van der Waals surface area contributed by atoms with Gasteiger partial charge in [0.2, 0.25) is 5.91 Å². The van der Waals surface area contributed by atoms with E-state index < -0.39 is 34.6 Å². The smallest absolute Gasteiger partial charge is 0.416 e. The number of para-hydroxylation sites is 1. The van der Waals surface area contributed by atoms with Crippen molar-refractivity contribution < 1.29 is 51.7 Å². The van der Waals surface area contributed by atoms with E-state index in [9.17, 15) is 32.3 Å². The number of methoxy groups -OCH3 is 1. The van der Waals surface area contributed by atoms with Crippen LogP contribution >= 0.6 is 58.0 Å². The van der Waals surface area contributed by atoms with Crippen LogP contribution in [0.2, 0.25) is 10.0 Å². The number of aryl methyl sites for hydroxylation is 2. The average Bonchev–Trinajstić information content (AvgIpc) is 3.16. The van der Waals surface area contributed by atoms with E-state index in [-0.39, 0.29) is 50.8 Å². The van der Waals surface area contributed by atoms with Gasteiger partial charge < -0.3 is 29.1 Å². The monoisotopic (exact) mass is 912 g/mol. The summed E-state index contributed by atoms with van der Waals surface area (Å²) in [6.45, 7) is 15.6. The summed E-state index contributed by atoms with van der Waals surface area (Å²) >= 11 is 28.3. The Morgan fingerprint density at radius 3 is 2.05 bits per heavy atom. The SMILES string of the molecule is C=CCN(CC=C)C(=O)C(Cl)Cl.CCc1cccc(C)c1N(C(=O)CCl)C(C)COC.C[C@H](OC(=O)c1cc(Oc2ccc(C(F)(F)F)cc2Cl)ccc1Cl)C(=O)O. The summed E-state index contributed by atoms with van der Waals surface area (Å²) < 4.78 is 53.3. The summed E-state index contributed by atoms with van der Waals surface area (Å²) in [6, 6.07) is 12.4. The number of carboxylic acids is 1. The quantitative estimate of drug-likeness (QED) is 0.0856. The Labute approximate surface area is 361 Å². The molecule has 10 nitrogen and oxygen atoms in total. The van der Waals surface area contributed by atoms with Gasteiger partial charge in [0.15, 0.2) is 10.9 Å². The third kappa shape index (κ3) is 16.3. The fourth-order valence-electron chi connectivity index (χ4n) is 4.91. The standard InChI is InChI=1S/C17H11Cl2F3O5.C15H22ClNO2.C8H11Cl2NO/c1-8(15(23)24)26-16(25)11-7-10(3-4-12(11)18)27-14-5-2-9(6-13(14)19)17(20,21)22;1-5-13-8-6-7-11(2)15(13)17(14(18)9-16)12(3)10-19-4;1-3-5-11(6-4-2)8(12)7(9)10/h2-8H,1H3,(H,23,24);6-8,12H,5,9-10H2,1-4H3;3-4,7H,1-2,5-6H2/t8-;;/m0../s1. The highest BCUT2D eigenvalue weighted by Crippen LogP contribution is 2.37. The van der Waals surface area contributed by atoms with E-state index in [4.69, 9.17) is 77.3 Å². The Morgan fingerprint density at radius 1 is 0.948 bits per heavy atom. The van der Waals surface area contributed by atoms with Gasteiger partial charge >= 0.3 is 18.1 Å². The molecule has 318 valence electrons. The molecule has 0 spiro atoms. The van der Waals surface area contributed by atoms with Gasteiger partial charge in [-0.25, -0.2) is 9.59 Å². The van der Waals surface area contributed by atoms with E-state index in [2.05, 4.69) is 26.1 Å². The number of hydrogen-bond donors (Lipinski definition) is 1. The van der Waals surface area contributed by atoms with Crippen molar-refractivity contribution in [2.45, 2.75) is 57.3 Å². The van der Waals surface area contributed by atoms with Gasteiger partial charge in [-0.1, -0.05) is 83.7 Å². The number of hydrogen-bond acceptors (Lipinski definition) is 7. The molecule has 0 heterocycles. The first-order valence-corrected chi connectivity index (χ1v) is 19.4. The molecule has 2 amide bonds. The summed E-state index contributed by atoms with van der Waals surface area (Å²) in [7, 11) is 1.64. The maximum absolute atomic E-state index is 12.7. The number of halogens is 8. The lowest BCUT2D eigenvalue weighted by Gasteiger charge is -2.31. The van der Waals surface area contributed by atoms with E-state index in [1.807, 2.05) is 26.0 Å². The number of nitrogens with zero attached hydrogens (tertiary/aromatic N) is 2. The molecule has 0 aromatic heterocycles. The van der Waals surface area contributed by atoms with Gasteiger partial charge in [0.25, 0.3) is 5.91 Å². The Bertz CT molecular complexity index is 1870. The Hall–Kier alpha value is -3.98. The van der Waals surface area contributed by atoms with Gasteiger partial charge in [0, 0.05) is 20.2 Å². The predicted octanol–water partition coefficient (Wildman–Crippen LogP) is 10.6. The predicted molar refractivity (Wildman–Crippen MR) is 223 cm³/mol. The summed E-state index contributed by atoms with van der Waals surface area (Å²) in [6.07, 6.45) is -1.86. The second-order valence-electron chi connectivity index (χ2n) is 12.0. The number of carboxylic acid groups (broad SMARTS) is 1.